The monoisotopic (exact) mass is 442 g/mol. The van der Waals surface area contributed by atoms with E-state index in [0.717, 1.165) is 12.0 Å². The molecule has 1 atom stereocenters. The molecule has 8 heteroatoms. The van der Waals surface area contributed by atoms with Gasteiger partial charge in [0.1, 0.15) is 11.6 Å². The van der Waals surface area contributed by atoms with Gasteiger partial charge >= 0.3 is 0 Å². The second-order valence-corrected chi connectivity index (χ2v) is 8.53. The molecule has 0 unspecified atom stereocenters. The number of rotatable bonds is 8. The number of amides is 1. The smallest absolute Gasteiger partial charge is 0.265 e. The van der Waals surface area contributed by atoms with E-state index in [4.69, 9.17) is 4.74 Å². The topological polar surface area (TPSA) is 84.5 Å². The molecule has 162 valence electrons. The highest BCUT2D eigenvalue weighted by molar-refractivity contribution is 7.92. The van der Waals surface area contributed by atoms with Gasteiger partial charge in [-0.2, -0.15) is 0 Å². The normalized spacial score (nSPS) is 12.1. The van der Waals surface area contributed by atoms with Crippen molar-refractivity contribution in [3.63, 3.8) is 0 Å². The largest absolute Gasteiger partial charge is 0.481 e. The molecule has 0 aromatic heterocycles. The SMILES string of the molecule is CCc1ccccc1O[C@@H](C)C(=O)Nc1ccc(S(=O)(=O)Nc2ccc(F)cc2)cc1. The van der Waals surface area contributed by atoms with Crippen molar-refractivity contribution in [2.24, 2.45) is 0 Å². The first-order valence-corrected chi connectivity index (χ1v) is 11.2. The molecule has 0 fully saturated rings. The number of halogens is 1. The van der Waals surface area contributed by atoms with E-state index in [-0.39, 0.29) is 16.5 Å². The van der Waals surface area contributed by atoms with E-state index >= 15 is 0 Å². The van der Waals surface area contributed by atoms with Crippen molar-refractivity contribution in [2.75, 3.05) is 10.0 Å². The highest BCUT2D eigenvalue weighted by Crippen LogP contribution is 2.21. The van der Waals surface area contributed by atoms with Crippen LogP contribution in [0, 0.1) is 5.82 Å². The van der Waals surface area contributed by atoms with Crippen molar-refractivity contribution in [3.05, 3.63) is 84.2 Å². The highest BCUT2D eigenvalue weighted by atomic mass is 32.2. The molecule has 1 amide bonds. The second kappa shape index (κ2) is 9.61. The quantitative estimate of drug-likeness (QED) is 0.534. The molecule has 0 saturated heterocycles. The fourth-order valence-electron chi connectivity index (χ4n) is 2.85. The molecule has 2 N–H and O–H groups in total. The van der Waals surface area contributed by atoms with Gasteiger partial charge in [0, 0.05) is 11.4 Å². The van der Waals surface area contributed by atoms with Gasteiger partial charge in [0.05, 0.1) is 4.90 Å². The molecule has 6 nitrogen and oxygen atoms in total. The summed E-state index contributed by atoms with van der Waals surface area (Å²) in [4.78, 5) is 12.5. The first kappa shape index (κ1) is 22.3. The third kappa shape index (κ3) is 5.82. The van der Waals surface area contributed by atoms with Gasteiger partial charge in [-0.3, -0.25) is 9.52 Å². The van der Waals surface area contributed by atoms with Crippen LogP contribution < -0.4 is 14.8 Å². The average Bonchev–Trinajstić information content (AvgIpc) is 2.76. The van der Waals surface area contributed by atoms with E-state index in [1.165, 1.54) is 48.5 Å². The Morgan fingerprint density at radius 3 is 2.23 bits per heavy atom. The fourth-order valence-corrected chi connectivity index (χ4v) is 3.91. The first-order chi connectivity index (χ1) is 14.8. The van der Waals surface area contributed by atoms with Crippen molar-refractivity contribution in [1.29, 1.82) is 0 Å². The Hall–Kier alpha value is -3.39. The van der Waals surface area contributed by atoms with Crippen LogP contribution in [0.5, 0.6) is 5.75 Å². The Kier molecular flexibility index (Phi) is 6.91. The summed E-state index contributed by atoms with van der Waals surface area (Å²) in [5.74, 6) is -0.161. The standard InChI is InChI=1S/C23H23FN2O4S/c1-3-17-6-4-5-7-22(17)30-16(2)23(27)25-19-12-14-21(15-13-19)31(28,29)26-20-10-8-18(24)9-11-20/h4-16,26H,3H2,1-2H3,(H,25,27)/t16-/m0/s1. The maximum absolute atomic E-state index is 13.0. The number of hydrogen-bond donors (Lipinski definition) is 2. The van der Waals surface area contributed by atoms with E-state index in [0.29, 0.717) is 11.4 Å². The number of carbonyl (C=O) groups excluding carboxylic acids is 1. The molecule has 0 saturated carbocycles. The highest BCUT2D eigenvalue weighted by Gasteiger charge is 2.18. The molecular weight excluding hydrogens is 419 g/mol. The van der Waals surface area contributed by atoms with E-state index in [2.05, 4.69) is 10.0 Å². The van der Waals surface area contributed by atoms with Crippen LogP contribution in [0.1, 0.15) is 19.4 Å². The van der Waals surface area contributed by atoms with Crippen LogP contribution in [-0.2, 0) is 21.2 Å². The summed E-state index contributed by atoms with van der Waals surface area (Å²) in [6.07, 6.45) is 0.0446. The minimum Gasteiger partial charge on any atom is -0.481 e. The van der Waals surface area contributed by atoms with E-state index in [9.17, 15) is 17.6 Å². The van der Waals surface area contributed by atoms with Gasteiger partial charge in [-0.1, -0.05) is 25.1 Å². The predicted molar refractivity (Wildman–Crippen MR) is 118 cm³/mol. The fraction of sp³-hybridized carbons (Fsp3) is 0.174. The Morgan fingerprint density at radius 1 is 0.968 bits per heavy atom. The number of hydrogen-bond acceptors (Lipinski definition) is 4. The molecule has 0 spiro atoms. The Bertz CT molecular complexity index is 1150. The summed E-state index contributed by atoms with van der Waals surface area (Å²) in [5, 5.41) is 2.71. The second-order valence-electron chi connectivity index (χ2n) is 6.85. The Labute approximate surface area is 181 Å². The molecule has 3 aromatic rings. The number of ether oxygens (including phenoxy) is 1. The molecule has 0 bridgehead atoms. The summed E-state index contributed by atoms with van der Waals surface area (Å²) in [5.41, 5.74) is 1.69. The minimum atomic E-state index is -3.85. The lowest BCUT2D eigenvalue weighted by molar-refractivity contribution is -0.122. The lowest BCUT2D eigenvalue weighted by atomic mass is 10.1. The molecule has 0 heterocycles. The van der Waals surface area contributed by atoms with Gasteiger partial charge < -0.3 is 10.1 Å². The zero-order valence-electron chi connectivity index (χ0n) is 17.1. The van der Waals surface area contributed by atoms with E-state index in [1.807, 2.05) is 31.2 Å². The average molecular weight is 443 g/mol. The minimum absolute atomic E-state index is 0.0102. The van der Waals surface area contributed by atoms with Crippen molar-refractivity contribution in [1.82, 2.24) is 0 Å². The molecule has 3 aromatic carbocycles. The van der Waals surface area contributed by atoms with Crippen molar-refractivity contribution in [2.45, 2.75) is 31.3 Å². The third-order valence-corrected chi connectivity index (χ3v) is 5.95. The van der Waals surface area contributed by atoms with Crippen molar-refractivity contribution < 1.29 is 22.3 Å². The number of aryl methyl sites for hydroxylation is 1. The Balaban J connectivity index is 1.64. The molecule has 31 heavy (non-hydrogen) atoms. The molecule has 0 aliphatic carbocycles. The maximum atomic E-state index is 13.0. The predicted octanol–water partition coefficient (Wildman–Crippen LogP) is 4.59. The van der Waals surface area contributed by atoms with Crippen LogP contribution in [0.4, 0.5) is 15.8 Å². The van der Waals surface area contributed by atoms with Crippen LogP contribution in [-0.4, -0.2) is 20.4 Å². The zero-order valence-corrected chi connectivity index (χ0v) is 17.9. The number of nitrogens with one attached hydrogen (secondary N) is 2. The lowest BCUT2D eigenvalue weighted by Crippen LogP contribution is -2.30. The number of carbonyl (C=O) groups is 1. The number of benzene rings is 3. The number of para-hydroxylation sites is 1. The summed E-state index contributed by atoms with van der Waals surface area (Å²) in [6, 6.07) is 18.2. The lowest BCUT2D eigenvalue weighted by Gasteiger charge is -2.17. The number of sulfonamides is 1. The van der Waals surface area contributed by atoms with Crippen molar-refractivity contribution >= 4 is 27.3 Å². The van der Waals surface area contributed by atoms with Gasteiger partial charge in [-0.15, -0.1) is 0 Å². The van der Waals surface area contributed by atoms with E-state index in [1.54, 1.807) is 6.92 Å². The maximum Gasteiger partial charge on any atom is 0.265 e. The zero-order chi connectivity index (χ0) is 22.4. The molecule has 0 aliphatic rings. The molecular formula is C23H23FN2O4S. The first-order valence-electron chi connectivity index (χ1n) is 9.72. The van der Waals surface area contributed by atoms with Gasteiger partial charge in [-0.25, -0.2) is 12.8 Å². The summed E-state index contributed by atoms with van der Waals surface area (Å²) in [6.45, 7) is 3.65. The van der Waals surface area contributed by atoms with Crippen LogP contribution in [0.25, 0.3) is 0 Å². The van der Waals surface area contributed by atoms with Gasteiger partial charge in [-0.05, 0) is 73.5 Å². The summed E-state index contributed by atoms with van der Waals surface area (Å²) >= 11 is 0. The molecule has 3 rings (SSSR count). The van der Waals surface area contributed by atoms with E-state index < -0.39 is 21.9 Å². The van der Waals surface area contributed by atoms with Crippen LogP contribution in [0.3, 0.4) is 0 Å². The number of anilines is 2. The van der Waals surface area contributed by atoms with Gasteiger partial charge in [0.25, 0.3) is 15.9 Å². The van der Waals surface area contributed by atoms with Crippen LogP contribution in [0.15, 0.2) is 77.7 Å². The van der Waals surface area contributed by atoms with Gasteiger partial charge in [0.15, 0.2) is 6.10 Å². The Morgan fingerprint density at radius 2 is 1.58 bits per heavy atom. The molecule has 0 radical (unpaired) electrons. The summed E-state index contributed by atoms with van der Waals surface area (Å²) in [7, 11) is -3.85. The molecule has 0 aliphatic heterocycles. The summed E-state index contributed by atoms with van der Waals surface area (Å²) < 4.78 is 46.1. The van der Waals surface area contributed by atoms with Crippen LogP contribution >= 0.6 is 0 Å². The van der Waals surface area contributed by atoms with Crippen LogP contribution in [0.2, 0.25) is 0 Å². The third-order valence-electron chi connectivity index (χ3n) is 4.56. The van der Waals surface area contributed by atoms with Crippen molar-refractivity contribution in [3.8, 4) is 5.75 Å². The van der Waals surface area contributed by atoms with Gasteiger partial charge in [0.2, 0.25) is 0 Å².